The quantitative estimate of drug-likeness (QED) is 0.484. The summed E-state index contributed by atoms with van der Waals surface area (Å²) in [5, 5.41) is 4.63. The zero-order chi connectivity index (χ0) is 8.48. The number of hydrogen-bond acceptors (Lipinski definition) is 4. The van der Waals surface area contributed by atoms with E-state index in [2.05, 4.69) is 9.88 Å². The van der Waals surface area contributed by atoms with Crippen LogP contribution in [0.1, 0.15) is 6.42 Å². The Kier molecular flexibility index (Phi) is 2.12. The molecular formula is C4H8N2O4S. The van der Waals surface area contributed by atoms with Gasteiger partial charge in [0.15, 0.2) is 0 Å². The lowest BCUT2D eigenvalue weighted by Crippen LogP contribution is -2.41. The number of carbonyl (C=O) groups excluding carboxylic acids is 1. The number of carbonyl (C=O) groups is 1. The molecule has 64 valence electrons. The highest BCUT2D eigenvalue weighted by Crippen LogP contribution is 2.05. The summed E-state index contributed by atoms with van der Waals surface area (Å²) in [6, 6.07) is -0.801. The first-order valence-electron chi connectivity index (χ1n) is 2.96. The zero-order valence-corrected chi connectivity index (χ0v) is 6.43. The zero-order valence-electron chi connectivity index (χ0n) is 5.61. The summed E-state index contributed by atoms with van der Waals surface area (Å²) < 4.78 is 27.2. The number of esters is 1. The van der Waals surface area contributed by atoms with E-state index in [1.807, 2.05) is 4.72 Å². The molecule has 7 heteroatoms. The number of ether oxygens (including phenoxy) is 1. The molecule has 11 heavy (non-hydrogen) atoms. The molecule has 0 radical (unpaired) electrons. The first-order chi connectivity index (χ1) is 4.99. The first-order valence-corrected chi connectivity index (χ1v) is 4.50. The summed E-state index contributed by atoms with van der Waals surface area (Å²) >= 11 is 0. The Balaban J connectivity index is 2.57. The van der Waals surface area contributed by atoms with Crippen LogP contribution in [-0.4, -0.2) is 27.0 Å². The molecule has 0 saturated carbocycles. The minimum absolute atomic E-state index is 0.242. The van der Waals surface area contributed by atoms with Crippen LogP contribution in [0.5, 0.6) is 0 Å². The molecule has 0 spiro atoms. The van der Waals surface area contributed by atoms with Crippen LogP contribution in [0.4, 0.5) is 0 Å². The second kappa shape index (κ2) is 2.76. The van der Waals surface area contributed by atoms with Gasteiger partial charge in [-0.15, -0.1) is 0 Å². The molecule has 1 aliphatic rings. The molecule has 0 aromatic carbocycles. The minimum atomic E-state index is -3.79. The van der Waals surface area contributed by atoms with Gasteiger partial charge in [-0.2, -0.15) is 13.1 Å². The molecule has 6 nitrogen and oxygen atoms in total. The monoisotopic (exact) mass is 180 g/mol. The maximum atomic E-state index is 10.6. The van der Waals surface area contributed by atoms with E-state index in [9.17, 15) is 13.2 Å². The van der Waals surface area contributed by atoms with Crippen molar-refractivity contribution in [2.24, 2.45) is 5.14 Å². The molecule has 1 aliphatic heterocycles. The van der Waals surface area contributed by atoms with Crippen molar-refractivity contribution >= 4 is 16.2 Å². The average molecular weight is 180 g/mol. The van der Waals surface area contributed by atoms with Gasteiger partial charge in [0.1, 0.15) is 6.04 Å². The van der Waals surface area contributed by atoms with Crippen molar-refractivity contribution in [3.63, 3.8) is 0 Å². The molecule has 1 saturated heterocycles. The number of hydrogen-bond donors (Lipinski definition) is 2. The molecular weight excluding hydrogens is 172 g/mol. The highest BCUT2D eigenvalue weighted by atomic mass is 32.2. The molecule has 0 aromatic heterocycles. The summed E-state index contributed by atoms with van der Waals surface area (Å²) in [7, 11) is -3.79. The lowest BCUT2D eigenvalue weighted by atomic mass is 10.3. The van der Waals surface area contributed by atoms with Crippen LogP contribution >= 0.6 is 0 Å². The van der Waals surface area contributed by atoms with Gasteiger partial charge >= 0.3 is 5.97 Å². The van der Waals surface area contributed by atoms with Gasteiger partial charge in [-0.25, -0.2) is 5.14 Å². The van der Waals surface area contributed by atoms with Gasteiger partial charge in [-0.1, -0.05) is 0 Å². The van der Waals surface area contributed by atoms with Crippen LogP contribution in [0.3, 0.4) is 0 Å². The topological polar surface area (TPSA) is 98.5 Å². The van der Waals surface area contributed by atoms with Crippen LogP contribution in [0.15, 0.2) is 0 Å². The Morgan fingerprint density at radius 1 is 1.64 bits per heavy atom. The van der Waals surface area contributed by atoms with Gasteiger partial charge in [-0.3, -0.25) is 4.79 Å². The molecule has 1 fully saturated rings. The van der Waals surface area contributed by atoms with Gasteiger partial charge in [0.2, 0.25) is 0 Å². The highest BCUT2D eigenvalue weighted by molar-refractivity contribution is 7.87. The summed E-state index contributed by atoms with van der Waals surface area (Å²) in [5.74, 6) is -0.570. The van der Waals surface area contributed by atoms with Crippen LogP contribution < -0.4 is 9.86 Å². The Bertz CT molecular complexity index is 259. The fourth-order valence-corrected chi connectivity index (χ4v) is 1.41. The van der Waals surface area contributed by atoms with E-state index in [0.29, 0.717) is 6.42 Å². The normalized spacial score (nSPS) is 25.2. The van der Waals surface area contributed by atoms with Crippen molar-refractivity contribution < 1.29 is 17.9 Å². The fraction of sp³-hybridized carbons (Fsp3) is 0.750. The number of nitrogens with two attached hydrogens (primary N) is 1. The van der Waals surface area contributed by atoms with Crippen molar-refractivity contribution in [3.8, 4) is 0 Å². The van der Waals surface area contributed by atoms with Crippen LogP contribution in [0.2, 0.25) is 0 Å². The van der Waals surface area contributed by atoms with Gasteiger partial charge in [-0.05, 0) is 0 Å². The van der Waals surface area contributed by atoms with E-state index >= 15 is 0 Å². The average Bonchev–Trinajstić information content (AvgIpc) is 2.12. The fourth-order valence-electron chi connectivity index (χ4n) is 0.801. The predicted octanol–water partition coefficient (Wildman–Crippen LogP) is -1.90. The van der Waals surface area contributed by atoms with E-state index < -0.39 is 22.2 Å². The second-order valence-electron chi connectivity index (χ2n) is 2.17. The highest BCUT2D eigenvalue weighted by Gasteiger charge is 2.28. The van der Waals surface area contributed by atoms with Crippen LogP contribution in [0.25, 0.3) is 0 Å². The molecule has 1 atom stereocenters. The Hall–Kier alpha value is -0.660. The third-order valence-corrected chi connectivity index (χ3v) is 1.85. The summed E-state index contributed by atoms with van der Waals surface area (Å²) in [6.45, 7) is 0.242. The van der Waals surface area contributed by atoms with E-state index in [-0.39, 0.29) is 6.61 Å². The minimum Gasteiger partial charge on any atom is -0.464 e. The molecule has 0 aromatic rings. The molecule has 1 rings (SSSR count). The maximum Gasteiger partial charge on any atom is 0.324 e. The van der Waals surface area contributed by atoms with Gasteiger partial charge < -0.3 is 4.74 Å². The SMILES string of the molecule is NS(=O)(=O)N[C@H]1CCOC1=O. The Morgan fingerprint density at radius 2 is 2.27 bits per heavy atom. The van der Waals surface area contributed by atoms with Crippen LogP contribution in [-0.2, 0) is 19.7 Å². The molecule has 0 aliphatic carbocycles. The largest absolute Gasteiger partial charge is 0.464 e. The standard InChI is InChI=1S/C4H8N2O4S/c5-11(8,9)6-3-1-2-10-4(3)7/h3,6H,1-2H2,(H2,5,8,9)/t3-/m0/s1. The second-order valence-corrected chi connectivity index (χ2v) is 3.50. The van der Waals surface area contributed by atoms with Crippen molar-refractivity contribution in [3.05, 3.63) is 0 Å². The lowest BCUT2D eigenvalue weighted by molar-refractivity contribution is -0.139. The lowest BCUT2D eigenvalue weighted by Gasteiger charge is -2.03. The summed E-state index contributed by atoms with van der Waals surface area (Å²) in [6.07, 6.45) is 0.343. The van der Waals surface area contributed by atoms with Gasteiger partial charge in [0.25, 0.3) is 10.2 Å². The van der Waals surface area contributed by atoms with Crippen molar-refractivity contribution in [2.45, 2.75) is 12.5 Å². The number of rotatable bonds is 2. The molecule has 0 unspecified atom stereocenters. The predicted molar refractivity (Wildman–Crippen MR) is 35.6 cm³/mol. The third kappa shape index (κ3) is 2.45. The summed E-state index contributed by atoms with van der Waals surface area (Å²) in [4.78, 5) is 10.6. The molecule has 3 N–H and O–H groups in total. The number of cyclic esters (lactones) is 1. The first kappa shape index (κ1) is 8.44. The van der Waals surface area contributed by atoms with Crippen molar-refractivity contribution in [1.82, 2.24) is 4.72 Å². The van der Waals surface area contributed by atoms with E-state index in [4.69, 9.17) is 0 Å². The smallest absolute Gasteiger partial charge is 0.324 e. The van der Waals surface area contributed by atoms with Crippen molar-refractivity contribution in [1.29, 1.82) is 0 Å². The number of nitrogens with one attached hydrogen (secondary N) is 1. The molecule has 0 amide bonds. The molecule has 1 heterocycles. The van der Waals surface area contributed by atoms with Crippen molar-refractivity contribution in [2.75, 3.05) is 6.61 Å². The Labute approximate surface area is 63.9 Å². The van der Waals surface area contributed by atoms with Gasteiger partial charge in [0, 0.05) is 6.42 Å². The van der Waals surface area contributed by atoms with E-state index in [1.165, 1.54) is 0 Å². The van der Waals surface area contributed by atoms with Gasteiger partial charge in [0.05, 0.1) is 6.61 Å². The Morgan fingerprint density at radius 3 is 2.64 bits per heavy atom. The van der Waals surface area contributed by atoms with E-state index in [0.717, 1.165) is 0 Å². The maximum absolute atomic E-state index is 10.6. The van der Waals surface area contributed by atoms with E-state index in [1.54, 1.807) is 0 Å². The van der Waals surface area contributed by atoms with Crippen LogP contribution in [0, 0.1) is 0 Å². The third-order valence-electron chi connectivity index (χ3n) is 1.24. The molecule has 0 bridgehead atoms. The summed E-state index contributed by atoms with van der Waals surface area (Å²) in [5.41, 5.74) is 0.